The van der Waals surface area contributed by atoms with Crippen molar-refractivity contribution in [3.8, 4) is 0 Å². The molecule has 2 heteroatoms. The molecular weight excluding hydrogens is 218 g/mol. The summed E-state index contributed by atoms with van der Waals surface area (Å²) in [6.07, 6.45) is 6.26. The van der Waals surface area contributed by atoms with Crippen LogP contribution in [0.15, 0.2) is 36.4 Å². The van der Waals surface area contributed by atoms with Gasteiger partial charge in [0.15, 0.2) is 0 Å². The van der Waals surface area contributed by atoms with Crippen LogP contribution in [0.1, 0.15) is 24.8 Å². The average Bonchev–Trinajstić information content (AvgIpc) is 2.30. The molecule has 1 unspecified atom stereocenters. The fourth-order valence-corrected chi connectivity index (χ4v) is 2.20. The molecule has 2 rings (SSSR count). The standard InChI is InChI=1S/C14H19N.ClH/c1-15(2)14-10-6-9-13(11-14)12-7-4-3-5-8-12;/h3-5,7-8,11,14H,6,9-10H2,1-2H3;1H. The monoisotopic (exact) mass is 237 g/mol. The summed E-state index contributed by atoms with van der Waals surface area (Å²) >= 11 is 0. The third-order valence-electron chi connectivity index (χ3n) is 3.15. The molecule has 1 nitrogen and oxygen atoms in total. The Morgan fingerprint density at radius 1 is 1.12 bits per heavy atom. The fraction of sp³-hybridized carbons (Fsp3) is 0.429. The minimum Gasteiger partial charge on any atom is -0.303 e. The van der Waals surface area contributed by atoms with E-state index < -0.39 is 0 Å². The van der Waals surface area contributed by atoms with Crippen LogP contribution in [-0.2, 0) is 0 Å². The number of hydrogen-bond donors (Lipinski definition) is 0. The van der Waals surface area contributed by atoms with Gasteiger partial charge in [-0.05, 0) is 44.5 Å². The van der Waals surface area contributed by atoms with Crippen molar-refractivity contribution >= 4 is 18.0 Å². The minimum atomic E-state index is 0. The highest BCUT2D eigenvalue weighted by molar-refractivity contribution is 5.85. The number of nitrogens with zero attached hydrogens (tertiary/aromatic N) is 1. The number of allylic oxidation sites excluding steroid dienone is 1. The van der Waals surface area contributed by atoms with Gasteiger partial charge in [0.25, 0.3) is 0 Å². The lowest BCUT2D eigenvalue weighted by molar-refractivity contribution is 0.318. The lowest BCUT2D eigenvalue weighted by Crippen LogP contribution is -2.27. The molecule has 16 heavy (non-hydrogen) atoms. The number of benzene rings is 1. The molecule has 1 aliphatic carbocycles. The van der Waals surface area contributed by atoms with E-state index in [0.29, 0.717) is 6.04 Å². The highest BCUT2D eigenvalue weighted by Crippen LogP contribution is 2.27. The van der Waals surface area contributed by atoms with Gasteiger partial charge >= 0.3 is 0 Å². The molecule has 0 amide bonds. The van der Waals surface area contributed by atoms with Gasteiger partial charge in [-0.25, -0.2) is 0 Å². The van der Waals surface area contributed by atoms with Crippen LogP contribution in [0.5, 0.6) is 0 Å². The SMILES string of the molecule is CN(C)C1C=C(c2ccccc2)CCC1.Cl. The van der Waals surface area contributed by atoms with Crippen LogP contribution in [0, 0.1) is 0 Å². The van der Waals surface area contributed by atoms with Crippen molar-refractivity contribution in [1.82, 2.24) is 4.90 Å². The zero-order chi connectivity index (χ0) is 10.7. The first-order valence-electron chi connectivity index (χ1n) is 5.70. The van der Waals surface area contributed by atoms with E-state index in [1.165, 1.54) is 30.4 Å². The molecule has 0 fully saturated rings. The van der Waals surface area contributed by atoms with Gasteiger partial charge in [0, 0.05) is 6.04 Å². The van der Waals surface area contributed by atoms with Gasteiger partial charge in [0.1, 0.15) is 0 Å². The first-order valence-corrected chi connectivity index (χ1v) is 5.70. The second-order valence-electron chi connectivity index (χ2n) is 4.48. The van der Waals surface area contributed by atoms with Gasteiger partial charge in [-0.1, -0.05) is 36.4 Å². The van der Waals surface area contributed by atoms with Gasteiger partial charge in [-0.2, -0.15) is 0 Å². The molecule has 1 aromatic carbocycles. The van der Waals surface area contributed by atoms with Crippen molar-refractivity contribution in [2.45, 2.75) is 25.3 Å². The smallest absolute Gasteiger partial charge is 0.0278 e. The Morgan fingerprint density at radius 2 is 1.81 bits per heavy atom. The number of rotatable bonds is 2. The van der Waals surface area contributed by atoms with E-state index in [1.54, 1.807) is 0 Å². The quantitative estimate of drug-likeness (QED) is 0.760. The minimum absolute atomic E-state index is 0. The van der Waals surface area contributed by atoms with Crippen LogP contribution in [0.25, 0.3) is 5.57 Å². The molecule has 0 aromatic heterocycles. The maximum absolute atomic E-state index is 2.43. The Hall–Kier alpha value is -0.790. The van der Waals surface area contributed by atoms with E-state index in [-0.39, 0.29) is 12.4 Å². The molecule has 1 atom stereocenters. The van der Waals surface area contributed by atoms with Crippen LogP contribution in [0.3, 0.4) is 0 Å². The molecule has 88 valence electrons. The summed E-state index contributed by atoms with van der Waals surface area (Å²) in [4.78, 5) is 2.31. The maximum atomic E-state index is 2.43. The summed E-state index contributed by atoms with van der Waals surface area (Å²) in [7, 11) is 4.32. The van der Waals surface area contributed by atoms with E-state index in [9.17, 15) is 0 Å². The third-order valence-corrected chi connectivity index (χ3v) is 3.15. The van der Waals surface area contributed by atoms with Gasteiger partial charge < -0.3 is 4.90 Å². The zero-order valence-corrected chi connectivity index (χ0v) is 10.8. The summed E-state index contributed by atoms with van der Waals surface area (Å²) in [6.45, 7) is 0. The van der Waals surface area contributed by atoms with E-state index in [0.717, 1.165) is 0 Å². The normalized spacial score (nSPS) is 20.2. The van der Waals surface area contributed by atoms with Crippen molar-refractivity contribution in [3.05, 3.63) is 42.0 Å². The highest BCUT2D eigenvalue weighted by Gasteiger charge is 2.15. The molecule has 1 aromatic rings. The predicted molar refractivity (Wildman–Crippen MR) is 73.0 cm³/mol. The molecule has 0 saturated heterocycles. The van der Waals surface area contributed by atoms with E-state index in [4.69, 9.17) is 0 Å². The predicted octanol–water partition coefficient (Wildman–Crippen LogP) is 3.61. The van der Waals surface area contributed by atoms with Crippen molar-refractivity contribution in [1.29, 1.82) is 0 Å². The molecule has 0 bridgehead atoms. The second kappa shape index (κ2) is 6.07. The van der Waals surface area contributed by atoms with Crippen molar-refractivity contribution in [2.75, 3.05) is 14.1 Å². The molecule has 0 saturated carbocycles. The Bertz CT molecular complexity index is 343. The second-order valence-corrected chi connectivity index (χ2v) is 4.48. The van der Waals surface area contributed by atoms with Crippen molar-refractivity contribution in [3.63, 3.8) is 0 Å². The molecule has 0 spiro atoms. The van der Waals surface area contributed by atoms with Gasteiger partial charge in [0.05, 0.1) is 0 Å². The van der Waals surface area contributed by atoms with Crippen molar-refractivity contribution in [2.24, 2.45) is 0 Å². The summed E-state index contributed by atoms with van der Waals surface area (Å²) < 4.78 is 0. The van der Waals surface area contributed by atoms with Crippen molar-refractivity contribution < 1.29 is 0 Å². The summed E-state index contributed by atoms with van der Waals surface area (Å²) in [6, 6.07) is 11.4. The molecule has 0 radical (unpaired) electrons. The van der Waals surface area contributed by atoms with Crippen LogP contribution >= 0.6 is 12.4 Å². The Balaban J connectivity index is 0.00000128. The lowest BCUT2D eigenvalue weighted by Gasteiger charge is -2.26. The van der Waals surface area contributed by atoms with Crippen LogP contribution in [0.4, 0.5) is 0 Å². The topological polar surface area (TPSA) is 3.24 Å². The van der Waals surface area contributed by atoms with E-state index >= 15 is 0 Å². The summed E-state index contributed by atoms with van der Waals surface area (Å²) in [5.41, 5.74) is 2.91. The fourth-order valence-electron chi connectivity index (χ4n) is 2.20. The third kappa shape index (κ3) is 3.10. The Morgan fingerprint density at radius 3 is 2.44 bits per heavy atom. The lowest BCUT2D eigenvalue weighted by atomic mass is 9.90. The van der Waals surface area contributed by atoms with Gasteiger partial charge in [-0.3, -0.25) is 0 Å². The van der Waals surface area contributed by atoms with Crippen LogP contribution < -0.4 is 0 Å². The molecule has 1 aliphatic rings. The van der Waals surface area contributed by atoms with Gasteiger partial charge in [0.2, 0.25) is 0 Å². The number of halogens is 1. The largest absolute Gasteiger partial charge is 0.303 e. The first-order chi connectivity index (χ1) is 7.27. The Kier molecular flexibility index (Phi) is 5.04. The maximum Gasteiger partial charge on any atom is 0.0278 e. The van der Waals surface area contributed by atoms with Crippen LogP contribution in [0.2, 0.25) is 0 Å². The molecular formula is C14H20ClN. The molecule has 0 aliphatic heterocycles. The van der Waals surface area contributed by atoms with E-state index in [2.05, 4.69) is 55.4 Å². The average molecular weight is 238 g/mol. The highest BCUT2D eigenvalue weighted by atomic mass is 35.5. The Labute approximate surface area is 105 Å². The number of hydrogen-bond acceptors (Lipinski definition) is 1. The number of likely N-dealkylation sites (N-methyl/N-ethyl adjacent to an activating group) is 1. The summed E-state index contributed by atoms with van der Waals surface area (Å²) in [5, 5.41) is 0. The van der Waals surface area contributed by atoms with E-state index in [1.807, 2.05) is 0 Å². The zero-order valence-electron chi connectivity index (χ0n) is 10.0. The van der Waals surface area contributed by atoms with Gasteiger partial charge in [-0.15, -0.1) is 12.4 Å². The molecule has 0 heterocycles. The summed E-state index contributed by atoms with van der Waals surface area (Å²) in [5.74, 6) is 0. The van der Waals surface area contributed by atoms with Crippen LogP contribution in [-0.4, -0.2) is 25.0 Å². The molecule has 0 N–H and O–H groups in total. The first kappa shape index (κ1) is 13.3.